The Hall–Kier alpha value is -3.02. The van der Waals surface area contributed by atoms with Crippen LogP contribution < -0.4 is 5.32 Å². The fraction of sp³-hybridized carbons (Fsp3) is 0.211. The van der Waals surface area contributed by atoms with Crippen molar-refractivity contribution >= 4 is 17.7 Å². The second-order valence-corrected chi connectivity index (χ2v) is 6.21. The number of amides is 3. The van der Waals surface area contributed by atoms with Crippen LogP contribution in [0.15, 0.2) is 42.5 Å². The minimum Gasteiger partial charge on any atom is -0.322 e. The number of carbonyl (C=O) groups is 3. The molecule has 4 rings (SSSR count). The van der Waals surface area contributed by atoms with Gasteiger partial charge in [-0.05, 0) is 29.7 Å². The highest BCUT2D eigenvalue weighted by atomic mass is 19.1. The molecule has 1 unspecified atom stereocenters. The number of fused-ring (bicyclic) bond motifs is 1. The van der Waals surface area contributed by atoms with Crippen molar-refractivity contribution in [3.8, 4) is 11.1 Å². The van der Waals surface area contributed by atoms with Crippen molar-refractivity contribution in [2.24, 2.45) is 0 Å². The molecule has 1 atom stereocenters. The van der Waals surface area contributed by atoms with E-state index in [2.05, 4.69) is 5.32 Å². The number of nitrogens with one attached hydrogen (secondary N) is 1. The first-order chi connectivity index (χ1) is 12.1. The van der Waals surface area contributed by atoms with Crippen molar-refractivity contribution < 1.29 is 18.8 Å². The summed E-state index contributed by atoms with van der Waals surface area (Å²) in [7, 11) is 0. The Morgan fingerprint density at radius 1 is 0.960 bits per heavy atom. The Labute approximate surface area is 143 Å². The molecule has 3 amide bonds. The molecule has 1 fully saturated rings. The van der Waals surface area contributed by atoms with Gasteiger partial charge in [-0.1, -0.05) is 30.3 Å². The number of carbonyl (C=O) groups excluding carboxylic acids is 3. The summed E-state index contributed by atoms with van der Waals surface area (Å²) >= 11 is 0. The first-order valence-electron chi connectivity index (χ1n) is 8.07. The van der Waals surface area contributed by atoms with Gasteiger partial charge in [-0.3, -0.25) is 19.7 Å². The van der Waals surface area contributed by atoms with Gasteiger partial charge in [0.25, 0.3) is 5.91 Å². The van der Waals surface area contributed by atoms with Crippen LogP contribution in [0.3, 0.4) is 0 Å². The van der Waals surface area contributed by atoms with Gasteiger partial charge >= 0.3 is 0 Å². The predicted octanol–water partition coefficient (Wildman–Crippen LogP) is 2.25. The Balaban J connectivity index is 1.73. The average molecular weight is 338 g/mol. The maximum absolute atomic E-state index is 14.2. The van der Waals surface area contributed by atoms with Crippen molar-refractivity contribution in [1.82, 2.24) is 10.2 Å². The van der Waals surface area contributed by atoms with Gasteiger partial charge in [0.15, 0.2) is 0 Å². The van der Waals surface area contributed by atoms with Crippen LogP contribution in [0.1, 0.15) is 28.8 Å². The fourth-order valence-electron chi connectivity index (χ4n) is 3.52. The minimum absolute atomic E-state index is 0.205. The normalized spacial score (nSPS) is 19.8. The first-order valence-corrected chi connectivity index (χ1v) is 8.07. The Morgan fingerprint density at radius 2 is 1.68 bits per heavy atom. The molecular weight excluding hydrogens is 323 g/mol. The van der Waals surface area contributed by atoms with Gasteiger partial charge in [0, 0.05) is 24.1 Å². The van der Waals surface area contributed by atoms with E-state index in [0.29, 0.717) is 28.7 Å². The zero-order valence-corrected chi connectivity index (χ0v) is 13.3. The van der Waals surface area contributed by atoms with Crippen molar-refractivity contribution in [1.29, 1.82) is 0 Å². The number of hydrogen-bond donors (Lipinski definition) is 1. The molecule has 2 aromatic carbocycles. The van der Waals surface area contributed by atoms with E-state index in [-0.39, 0.29) is 30.6 Å². The molecule has 0 saturated carbocycles. The summed E-state index contributed by atoms with van der Waals surface area (Å²) in [6, 6.07) is 10.9. The summed E-state index contributed by atoms with van der Waals surface area (Å²) < 4.78 is 14.2. The lowest BCUT2D eigenvalue weighted by atomic mass is 9.96. The lowest BCUT2D eigenvalue weighted by molar-refractivity contribution is -0.136. The number of imide groups is 1. The molecule has 2 heterocycles. The molecule has 0 aliphatic carbocycles. The van der Waals surface area contributed by atoms with Crippen LogP contribution in [0.2, 0.25) is 0 Å². The van der Waals surface area contributed by atoms with Gasteiger partial charge in [-0.2, -0.15) is 0 Å². The molecule has 5 nitrogen and oxygen atoms in total. The van der Waals surface area contributed by atoms with Gasteiger partial charge in [-0.25, -0.2) is 4.39 Å². The van der Waals surface area contributed by atoms with Crippen molar-refractivity contribution in [2.45, 2.75) is 25.4 Å². The highest BCUT2D eigenvalue weighted by molar-refractivity contribution is 6.06. The Morgan fingerprint density at radius 3 is 2.44 bits per heavy atom. The zero-order valence-electron chi connectivity index (χ0n) is 13.3. The highest BCUT2D eigenvalue weighted by Crippen LogP contribution is 2.35. The first kappa shape index (κ1) is 15.5. The van der Waals surface area contributed by atoms with E-state index in [1.54, 1.807) is 36.4 Å². The van der Waals surface area contributed by atoms with Crippen LogP contribution in [0.4, 0.5) is 4.39 Å². The van der Waals surface area contributed by atoms with Gasteiger partial charge < -0.3 is 4.90 Å². The summed E-state index contributed by atoms with van der Waals surface area (Å²) in [5, 5.41) is 2.28. The number of rotatable bonds is 2. The summed E-state index contributed by atoms with van der Waals surface area (Å²) in [5.74, 6) is -1.40. The molecule has 0 bridgehead atoms. The minimum atomic E-state index is -0.675. The van der Waals surface area contributed by atoms with Crippen molar-refractivity contribution in [2.75, 3.05) is 0 Å². The van der Waals surface area contributed by atoms with E-state index >= 15 is 0 Å². The van der Waals surface area contributed by atoms with E-state index in [1.165, 1.54) is 11.0 Å². The van der Waals surface area contributed by atoms with E-state index in [1.807, 2.05) is 0 Å². The number of nitrogens with zero attached hydrogens (tertiary/aromatic N) is 1. The van der Waals surface area contributed by atoms with Gasteiger partial charge in [0.05, 0.1) is 0 Å². The van der Waals surface area contributed by atoms with Crippen LogP contribution in [0, 0.1) is 5.82 Å². The standard InChI is InChI=1S/C19H15FN2O3/c20-15-7-2-1-4-12(15)11-5-3-6-13-14(11)10-22(19(13)25)16-8-9-17(23)21-18(16)24/h1-7,16H,8-10H2,(H,21,23,24). The van der Waals surface area contributed by atoms with Crippen molar-refractivity contribution in [3.05, 3.63) is 59.4 Å². The van der Waals surface area contributed by atoms with Crippen LogP contribution in [-0.4, -0.2) is 28.7 Å². The van der Waals surface area contributed by atoms with Crippen LogP contribution in [0.5, 0.6) is 0 Å². The van der Waals surface area contributed by atoms with E-state index in [4.69, 9.17) is 0 Å². The number of hydrogen-bond acceptors (Lipinski definition) is 3. The molecule has 0 radical (unpaired) electrons. The SMILES string of the molecule is O=C1CCC(N2Cc3c(cccc3-c3ccccc3F)C2=O)C(=O)N1. The molecule has 0 aromatic heterocycles. The summed E-state index contributed by atoms with van der Waals surface area (Å²) in [6.07, 6.45) is 0.510. The third-order valence-electron chi connectivity index (χ3n) is 4.75. The summed E-state index contributed by atoms with van der Waals surface area (Å²) in [5.41, 5.74) is 2.27. The third kappa shape index (κ3) is 2.50. The lowest BCUT2D eigenvalue weighted by Gasteiger charge is -2.29. The van der Waals surface area contributed by atoms with Crippen LogP contribution >= 0.6 is 0 Å². The number of piperidine rings is 1. The predicted molar refractivity (Wildman–Crippen MR) is 87.9 cm³/mol. The maximum Gasteiger partial charge on any atom is 0.255 e. The highest BCUT2D eigenvalue weighted by Gasteiger charge is 2.39. The maximum atomic E-state index is 14.2. The van der Waals surface area contributed by atoms with E-state index in [0.717, 1.165) is 0 Å². The largest absolute Gasteiger partial charge is 0.322 e. The molecule has 25 heavy (non-hydrogen) atoms. The van der Waals surface area contributed by atoms with E-state index < -0.39 is 11.9 Å². The van der Waals surface area contributed by atoms with E-state index in [9.17, 15) is 18.8 Å². The third-order valence-corrected chi connectivity index (χ3v) is 4.75. The Bertz CT molecular complexity index is 909. The molecule has 6 heteroatoms. The molecular formula is C19H15FN2O3. The smallest absolute Gasteiger partial charge is 0.255 e. The molecule has 1 N–H and O–H groups in total. The second-order valence-electron chi connectivity index (χ2n) is 6.21. The molecule has 0 spiro atoms. The zero-order chi connectivity index (χ0) is 17.6. The molecule has 2 aliphatic rings. The monoisotopic (exact) mass is 338 g/mol. The molecule has 1 saturated heterocycles. The molecule has 126 valence electrons. The topological polar surface area (TPSA) is 66.5 Å². The fourth-order valence-corrected chi connectivity index (χ4v) is 3.52. The lowest BCUT2D eigenvalue weighted by Crippen LogP contribution is -2.52. The molecule has 2 aliphatic heterocycles. The Kier molecular flexibility index (Phi) is 3.60. The average Bonchev–Trinajstić information content (AvgIpc) is 2.93. The number of benzene rings is 2. The molecule has 2 aromatic rings. The second kappa shape index (κ2) is 5.81. The van der Waals surface area contributed by atoms with Crippen LogP contribution in [0.25, 0.3) is 11.1 Å². The van der Waals surface area contributed by atoms with Gasteiger partial charge in [-0.15, -0.1) is 0 Å². The number of halogens is 1. The summed E-state index contributed by atoms with van der Waals surface area (Å²) in [6.45, 7) is 0.227. The van der Waals surface area contributed by atoms with Gasteiger partial charge in [0.2, 0.25) is 11.8 Å². The quantitative estimate of drug-likeness (QED) is 0.854. The van der Waals surface area contributed by atoms with Gasteiger partial charge in [0.1, 0.15) is 11.9 Å². The van der Waals surface area contributed by atoms with Crippen molar-refractivity contribution in [3.63, 3.8) is 0 Å². The van der Waals surface area contributed by atoms with Crippen LogP contribution in [-0.2, 0) is 16.1 Å². The summed E-state index contributed by atoms with van der Waals surface area (Å²) in [4.78, 5) is 37.7.